The lowest BCUT2D eigenvalue weighted by Crippen LogP contribution is -3.13. The third kappa shape index (κ3) is 4.17. The quantitative estimate of drug-likeness (QED) is 0.653. The first-order chi connectivity index (χ1) is 10.0. The Morgan fingerprint density at radius 2 is 2.38 bits per heavy atom. The van der Waals surface area contributed by atoms with E-state index in [-0.39, 0.29) is 0 Å². The topological polar surface area (TPSA) is 37.6 Å². The van der Waals surface area contributed by atoms with E-state index in [1.807, 2.05) is 18.5 Å². The SMILES string of the molecule is C=C(C)[C@](C)(O)C#CC[NH+]1CCCC[C@@H]1c1cccnc1. The molecule has 1 aliphatic rings. The van der Waals surface area contributed by atoms with Crippen molar-refractivity contribution in [2.24, 2.45) is 0 Å². The van der Waals surface area contributed by atoms with Crippen molar-refractivity contribution in [3.8, 4) is 11.8 Å². The normalized spacial score (nSPS) is 24.5. The highest BCUT2D eigenvalue weighted by atomic mass is 16.3. The molecule has 2 heterocycles. The molecule has 1 unspecified atom stereocenters. The van der Waals surface area contributed by atoms with Crippen LogP contribution in [0.3, 0.4) is 0 Å². The fourth-order valence-electron chi connectivity index (χ4n) is 2.71. The van der Waals surface area contributed by atoms with E-state index < -0.39 is 5.60 Å². The minimum atomic E-state index is -1.08. The zero-order valence-electron chi connectivity index (χ0n) is 13.0. The van der Waals surface area contributed by atoms with Gasteiger partial charge in [0.1, 0.15) is 18.2 Å². The minimum Gasteiger partial charge on any atom is -0.374 e. The van der Waals surface area contributed by atoms with Crippen molar-refractivity contribution in [1.29, 1.82) is 0 Å². The van der Waals surface area contributed by atoms with Crippen molar-refractivity contribution in [1.82, 2.24) is 4.98 Å². The zero-order valence-corrected chi connectivity index (χ0v) is 13.0. The number of quaternary nitrogens is 1. The maximum atomic E-state index is 10.1. The van der Waals surface area contributed by atoms with E-state index in [2.05, 4.69) is 29.5 Å². The average molecular weight is 285 g/mol. The Hall–Kier alpha value is -1.63. The molecule has 0 radical (unpaired) electrons. The smallest absolute Gasteiger partial charge is 0.143 e. The van der Waals surface area contributed by atoms with Crippen LogP contribution >= 0.6 is 0 Å². The molecule has 0 aliphatic carbocycles. The highest BCUT2D eigenvalue weighted by Gasteiger charge is 2.27. The number of aliphatic hydroxyl groups is 1. The third-order valence-electron chi connectivity index (χ3n) is 4.30. The van der Waals surface area contributed by atoms with E-state index in [1.54, 1.807) is 13.8 Å². The summed E-state index contributed by atoms with van der Waals surface area (Å²) in [5, 5.41) is 10.1. The lowest BCUT2D eigenvalue weighted by atomic mass is 9.96. The first-order valence-corrected chi connectivity index (χ1v) is 7.63. The summed E-state index contributed by atoms with van der Waals surface area (Å²) in [5.74, 6) is 6.11. The van der Waals surface area contributed by atoms with Crippen LogP contribution in [0, 0.1) is 11.8 Å². The molecule has 0 saturated carbocycles. The number of pyridine rings is 1. The number of likely N-dealkylation sites (tertiary alicyclic amines) is 1. The van der Waals surface area contributed by atoms with Gasteiger partial charge in [-0.1, -0.05) is 18.6 Å². The standard InChI is InChI=1S/C18H24N2O/c1-15(2)18(3,21)10-7-13-20-12-5-4-9-17(20)16-8-6-11-19-14-16/h6,8,11,14,17,21H,1,4-5,9,12-13H2,2-3H3/p+1/t17-,18-/m1/s1. The monoisotopic (exact) mass is 285 g/mol. The third-order valence-corrected chi connectivity index (χ3v) is 4.30. The van der Waals surface area contributed by atoms with Crippen LogP contribution in [0.5, 0.6) is 0 Å². The summed E-state index contributed by atoms with van der Waals surface area (Å²) < 4.78 is 0. The fraction of sp³-hybridized carbons (Fsp3) is 0.500. The Balaban J connectivity index is 2.07. The molecule has 0 amide bonds. The van der Waals surface area contributed by atoms with Gasteiger partial charge in [-0.15, -0.1) is 0 Å². The van der Waals surface area contributed by atoms with Crippen LogP contribution in [-0.4, -0.2) is 28.8 Å². The van der Waals surface area contributed by atoms with Gasteiger partial charge in [-0.05, 0) is 44.2 Å². The van der Waals surface area contributed by atoms with E-state index in [0.29, 0.717) is 11.6 Å². The Labute approximate surface area is 127 Å². The molecule has 2 rings (SSSR count). The molecule has 0 spiro atoms. The van der Waals surface area contributed by atoms with Crippen LogP contribution in [0.4, 0.5) is 0 Å². The molecule has 1 saturated heterocycles. The van der Waals surface area contributed by atoms with Gasteiger partial charge in [0.25, 0.3) is 0 Å². The first kappa shape index (κ1) is 15.8. The van der Waals surface area contributed by atoms with Crippen molar-refractivity contribution >= 4 is 0 Å². The summed E-state index contributed by atoms with van der Waals surface area (Å²) in [5.41, 5.74) is 0.895. The lowest BCUT2D eigenvalue weighted by Gasteiger charge is -2.31. The number of aromatic nitrogens is 1. The number of rotatable bonds is 3. The maximum absolute atomic E-state index is 10.1. The van der Waals surface area contributed by atoms with Crippen LogP contribution < -0.4 is 4.90 Å². The summed E-state index contributed by atoms with van der Waals surface area (Å²) in [6.45, 7) is 9.18. The highest BCUT2D eigenvalue weighted by Crippen LogP contribution is 2.18. The summed E-state index contributed by atoms with van der Waals surface area (Å²) in [7, 11) is 0. The molecule has 3 heteroatoms. The Morgan fingerprint density at radius 1 is 1.57 bits per heavy atom. The summed E-state index contributed by atoms with van der Waals surface area (Å²) in [6, 6.07) is 4.62. The predicted octanol–water partition coefficient (Wildman–Crippen LogP) is 1.52. The summed E-state index contributed by atoms with van der Waals surface area (Å²) >= 11 is 0. The van der Waals surface area contributed by atoms with Gasteiger partial charge in [-0.3, -0.25) is 4.98 Å². The van der Waals surface area contributed by atoms with Crippen LogP contribution in [0.2, 0.25) is 0 Å². The average Bonchev–Trinajstić information content (AvgIpc) is 2.48. The summed E-state index contributed by atoms with van der Waals surface area (Å²) in [4.78, 5) is 5.71. The zero-order chi connectivity index (χ0) is 15.3. The van der Waals surface area contributed by atoms with E-state index in [4.69, 9.17) is 0 Å². The Kier molecular flexibility index (Phi) is 5.17. The fourth-order valence-corrected chi connectivity index (χ4v) is 2.71. The molecule has 2 N–H and O–H groups in total. The summed E-state index contributed by atoms with van der Waals surface area (Å²) in [6.07, 6.45) is 7.47. The Bertz CT molecular complexity index is 539. The molecule has 1 fully saturated rings. The number of piperidine rings is 1. The number of hydrogen-bond donors (Lipinski definition) is 2. The van der Waals surface area contributed by atoms with Gasteiger partial charge in [-0.25, -0.2) is 0 Å². The predicted molar refractivity (Wildman–Crippen MR) is 84.7 cm³/mol. The van der Waals surface area contributed by atoms with E-state index in [9.17, 15) is 5.11 Å². The second-order valence-electron chi connectivity index (χ2n) is 6.07. The van der Waals surface area contributed by atoms with Gasteiger partial charge in [0.15, 0.2) is 0 Å². The Morgan fingerprint density at radius 3 is 3.05 bits per heavy atom. The number of nitrogens with zero attached hydrogens (tertiary/aromatic N) is 1. The molecule has 1 aliphatic heterocycles. The second kappa shape index (κ2) is 6.89. The molecule has 1 aromatic rings. The molecular formula is C18H25N2O+. The van der Waals surface area contributed by atoms with E-state index in [0.717, 1.165) is 13.1 Å². The molecule has 0 bridgehead atoms. The van der Waals surface area contributed by atoms with Gasteiger partial charge in [0.05, 0.1) is 6.54 Å². The number of nitrogens with one attached hydrogen (secondary N) is 1. The van der Waals surface area contributed by atoms with Crippen molar-refractivity contribution in [2.75, 3.05) is 13.1 Å². The molecule has 1 aromatic heterocycles. The van der Waals surface area contributed by atoms with Gasteiger partial charge in [0, 0.05) is 24.4 Å². The second-order valence-corrected chi connectivity index (χ2v) is 6.07. The van der Waals surface area contributed by atoms with Crippen molar-refractivity contribution in [2.45, 2.75) is 44.8 Å². The molecule has 21 heavy (non-hydrogen) atoms. The molecule has 3 nitrogen and oxygen atoms in total. The van der Waals surface area contributed by atoms with Crippen molar-refractivity contribution < 1.29 is 10.0 Å². The minimum absolute atomic E-state index is 0.469. The van der Waals surface area contributed by atoms with E-state index in [1.165, 1.54) is 29.7 Å². The first-order valence-electron chi connectivity index (χ1n) is 7.63. The van der Waals surface area contributed by atoms with Crippen LogP contribution in [0.25, 0.3) is 0 Å². The van der Waals surface area contributed by atoms with E-state index >= 15 is 0 Å². The lowest BCUT2D eigenvalue weighted by molar-refractivity contribution is -0.930. The van der Waals surface area contributed by atoms with Crippen LogP contribution in [-0.2, 0) is 0 Å². The largest absolute Gasteiger partial charge is 0.374 e. The van der Waals surface area contributed by atoms with Gasteiger partial charge < -0.3 is 10.0 Å². The molecule has 3 atom stereocenters. The van der Waals surface area contributed by atoms with Gasteiger partial charge >= 0.3 is 0 Å². The van der Waals surface area contributed by atoms with Crippen LogP contribution in [0.1, 0.15) is 44.7 Å². The number of hydrogen-bond acceptors (Lipinski definition) is 2. The molecular weight excluding hydrogens is 260 g/mol. The van der Waals surface area contributed by atoms with Gasteiger partial charge in [-0.2, -0.15) is 0 Å². The van der Waals surface area contributed by atoms with Crippen LogP contribution in [0.15, 0.2) is 36.7 Å². The van der Waals surface area contributed by atoms with Crippen molar-refractivity contribution in [3.63, 3.8) is 0 Å². The molecule has 112 valence electrons. The van der Waals surface area contributed by atoms with Crippen molar-refractivity contribution in [3.05, 3.63) is 42.2 Å². The maximum Gasteiger partial charge on any atom is 0.143 e. The molecule has 0 aromatic carbocycles. The van der Waals surface area contributed by atoms with Gasteiger partial charge in [0.2, 0.25) is 0 Å². The highest BCUT2D eigenvalue weighted by molar-refractivity contribution is 5.25.